The van der Waals surface area contributed by atoms with Gasteiger partial charge in [-0.2, -0.15) is 0 Å². The molecule has 1 saturated heterocycles. The highest BCUT2D eigenvalue weighted by Crippen LogP contribution is 2.14. The lowest BCUT2D eigenvalue weighted by Crippen LogP contribution is -2.52. The number of aromatic nitrogens is 4. The molecule has 0 unspecified atom stereocenters. The Morgan fingerprint density at radius 1 is 1.19 bits per heavy atom. The van der Waals surface area contributed by atoms with E-state index in [-0.39, 0.29) is 0 Å². The molecule has 0 radical (unpaired) electrons. The van der Waals surface area contributed by atoms with Crippen LogP contribution in [0.3, 0.4) is 0 Å². The monoisotopic (exact) mass is 358 g/mol. The zero-order valence-electron chi connectivity index (χ0n) is 15.3. The molecule has 0 atom stereocenters. The van der Waals surface area contributed by atoms with E-state index in [4.69, 9.17) is 4.52 Å². The van der Waals surface area contributed by atoms with Crippen LogP contribution in [0.25, 0.3) is 0 Å². The lowest BCUT2D eigenvalue weighted by Gasteiger charge is -2.36. The van der Waals surface area contributed by atoms with Gasteiger partial charge in [0.05, 0.1) is 12.2 Å². The van der Waals surface area contributed by atoms with Crippen LogP contribution in [0.1, 0.15) is 30.2 Å². The number of hydrogen-bond donors (Lipinski definition) is 1. The van der Waals surface area contributed by atoms with Crippen LogP contribution in [0, 0.1) is 0 Å². The van der Waals surface area contributed by atoms with Crippen molar-refractivity contribution in [2.45, 2.75) is 38.9 Å². The Hall–Kier alpha value is -2.42. The van der Waals surface area contributed by atoms with E-state index in [2.05, 4.69) is 40.0 Å². The van der Waals surface area contributed by atoms with Gasteiger partial charge < -0.3 is 19.3 Å². The minimum absolute atomic E-state index is 0.666. The first-order valence-corrected chi connectivity index (χ1v) is 9.31. The summed E-state index contributed by atoms with van der Waals surface area (Å²) in [5, 5.41) is 16.1. The van der Waals surface area contributed by atoms with E-state index in [9.17, 15) is 0 Å². The molecule has 1 fully saturated rings. The summed E-state index contributed by atoms with van der Waals surface area (Å²) in [4.78, 5) is 9.14. The summed E-state index contributed by atoms with van der Waals surface area (Å²) in [6.07, 6.45) is 5.09. The van der Waals surface area contributed by atoms with Crippen molar-refractivity contribution in [1.29, 1.82) is 0 Å². The number of nitrogens with one attached hydrogen (secondary N) is 1. The van der Waals surface area contributed by atoms with Crippen LogP contribution >= 0.6 is 0 Å². The molecule has 4 rings (SSSR count). The third-order valence-corrected chi connectivity index (χ3v) is 5.10. The Morgan fingerprint density at radius 2 is 2.08 bits per heavy atom. The van der Waals surface area contributed by atoms with Crippen molar-refractivity contribution in [3.05, 3.63) is 29.7 Å². The molecule has 140 valence electrons. The molecule has 2 aliphatic heterocycles. The number of piperazine rings is 1. The van der Waals surface area contributed by atoms with Gasteiger partial charge in [-0.1, -0.05) is 5.16 Å². The normalized spacial score (nSPS) is 18.8. The molecular formula is C17H26N8O. The summed E-state index contributed by atoms with van der Waals surface area (Å²) in [6.45, 7) is 6.37. The Kier molecular flexibility index (Phi) is 5.14. The Balaban J connectivity index is 1.29. The van der Waals surface area contributed by atoms with Gasteiger partial charge in [0.2, 0.25) is 0 Å². The van der Waals surface area contributed by atoms with Crippen molar-refractivity contribution in [2.24, 2.45) is 4.99 Å². The SMILES string of the molecule is CN=C(NCc1nnc2n1CCCC2)N1CCN(Cc2ccon2)CC1. The number of aryl methyl sites for hydroxylation is 1. The van der Waals surface area contributed by atoms with Gasteiger partial charge in [0, 0.05) is 58.8 Å². The van der Waals surface area contributed by atoms with Crippen molar-refractivity contribution in [1.82, 2.24) is 35.0 Å². The number of guanidine groups is 1. The fraction of sp³-hybridized carbons (Fsp3) is 0.647. The van der Waals surface area contributed by atoms with Crippen LogP contribution in [-0.4, -0.2) is 68.9 Å². The predicted molar refractivity (Wildman–Crippen MR) is 96.5 cm³/mol. The molecule has 0 aliphatic carbocycles. The van der Waals surface area contributed by atoms with Crippen LogP contribution in [0.2, 0.25) is 0 Å². The molecule has 2 aromatic rings. The highest BCUT2D eigenvalue weighted by Gasteiger charge is 2.21. The lowest BCUT2D eigenvalue weighted by molar-refractivity contribution is 0.169. The molecule has 26 heavy (non-hydrogen) atoms. The Labute approximate surface area is 153 Å². The van der Waals surface area contributed by atoms with E-state index in [1.54, 1.807) is 6.26 Å². The second kappa shape index (κ2) is 7.86. The quantitative estimate of drug-likeness (QED) is 0.629. The molecule has 0 spiro atoms. The molecule has 2 aliphatic rings. The first kappa shape index (κ1) is 17.0. The maximum absolute atomic E-state index is 4.91. The number of aliphatic imine (C=N–C) groups is 1. The van der Waals surface area contributed by atoms with Crippen LogP contribution in [0.15, 0.2) is 21.8 Å². The van der Waals surface area contributed by atoms with Gasteiger partial charge in [0.1, 0.15) is 12.1 Å². The van der Waals surface area contributed by atoms with Crippen LogP contribution in [0.5, 0.6) is 0 Å². The molecule has 0 amide bonds. The summed E-state index contributed by atoms with van der Waals surface area (Å²) in [5.41, 5.74) is 0.984. The average molecular weight is 358 g/mol. The molecule has 2 aromatic heterocycles. The zero-order valence-corrected chi connectivity index (χ0v) is 15.3. The highest BCUT2D eigenvalue weighted by molar-refractivity contribution is 5.79. The second-order valence-electron chi connectivity index (χ2n) is 6.80. The standard InChI is InChI=1S/C17H26N8O/c1-18-17(19-12-16-21-20-15-4-2-3-6-25(15)16)24-9-7-23(8-10-24)13-14-5-11-26-22-14/h5,11H,2-4,6-10,12-13H2,1H3,(H,18,19). The van der Waals surface area contributed by atoms with Gasteiger partial charge in [0.15, 0.2) is 11.8 Å². The first-order chi connectivity index (χ1) is 12.8. The summed E-state index contributed by atoms with van der Waals surface area (Å²) < 4.78 is 7.16. The van der Waals surface area contributed by atoms with Crippen molar-refractivity contribution in [2.75, 3.05) is 33.2 Å². The number of fused-ring (bicyclic) bond motifs is 1. The highest BCUT2D eigenvalue weighted by atomic mass is 16.5. The van der Waals surface area contributed by atoms with Crippen molar-refractivity contribution >= 4 is 5.96 Å². The molecule has 9 nitrogen and oxygen atoms in total. The van der Waals surface area contributed by atoms with Crippen molar-refractivity contribution < 1.29 is 4.52 Å². The lowest BCUT2D eigenvalue weighted by atomic mass is 10.2. The molecule has 4 heterocycles. The molecule has 1 N–H and O–H groups in total. The maximum Gasteiger partial charge on any atom is 0.194 e. The van der Waals surface area contributed by atoms with Crippen LogP contribution in [0.4, 0.5) is 0 Å². The van der Waals surface area contributed by atoms with Gasteiger partial charge in [-0.15, -0.1) is 10.2 Å². The van der Waals surface area contributed by atoms with Gasteiger partial charge in [-0.3, -0.25) is 9.89 Å². The predicted octanol–water partition coefficient (Wildman–Crippen LogP) is 0.496. The summed E-state index contributed by atoms with van der Waals surface area (Å²) in [6, 6.07) is 1.92. The molecule has 0 bridgehead atoms. The topological polar surface area (TPSA) is 87.6 Å². The number of nitrogens with zero attached hydrogens (tertiary/aromatic N) is 7. The minimum atomic E-state index is 0.666. The number of rotatable bonds is 4. The average Bonchev–Trinajstić information content (AvgIpc) is 3.33. The molecule has 0 aromatic carbocycles. The largest absolute Gasteiger partial charge is 0.364 e. The maximum atomic E-state index is 4.91. The summed E-state index contributed by atoms with van der Waals surface area (Å²) in [7, 11) is 1.84. The van der Waals surface area contributed by atoms with E-state index < -0.39 is 0 Å². The van der Waals surface area contributed by atoms with Crippen LogP contribution in [-0.2, 0) is 26.1 Å². The van der Waals surface area contributed by atoms with Gasteiger partial charge >= 0.3 is 0 Å². The summed E-state index contributed by atoms with van der Waals surface area (Å²) in [5.74, 6) is 3.05. The van der Waals surface area contributed by atoms with E-state index in [0.717, 1.165) is 69.0 Å². The second-order valence-corrected chi connectivity index (χ2v) is 6.80. The van der Waals surface area contributed by atoms with Crippen LogP contribution < -0.4 is 5.32 Å². The van der Waals surface area contributed by atoms with E-state index in [0.29, 0.717) is 6.54 Å². The third kappa shape index (κ3) is 3.72. The smallest absolute Gasteiger partial charge is 0.194 e. The molecular weight excluding hydrogens is 332 g/mol. The molecule has 9 heteroatoms. The van der Waals surface area contributed by atoms with Gasteiger partial charge in [-0.25, -0.2) is 0 Å². The van der Waals surface area contributed by atoms with Gasteiger partial charge in [-0.05, 0) is 12.8 Å². The first-order valence-electron chi connectivity index (χ1n) is 9.31. The molecule has 0 saturated carbocycles. The fourth-order valence-corrected chi connectivity index (χ4v) is 3.66. The van der Waals surface area contributed by atoms with E-state index in [1.807, 2.05) is 13.1 Å². The Bertz CT molecular complexity index is 730. The van der Waals surface area contributed by atoms with Crippen molar-refractivity contribution in [3.8, 4) is 0 Å². The van der Waals surface area contributed by atoms with E-state index >= 15 is 0 Å². The number of hydrogen-bond acceptors (Lipinski definition) is 6. The van der Waals surface area contributed by atoms with Crippen molar-refractivity contribution in [3.63, 3.8) is 0 Å². The zero-order chi connectivity index (χ0) is 17.8. The van der Waals surface area contributed by atoms with Gasteiger partial charge in [0.25, 0.3) is 0 Å². The minimum Gasteiger partial charge on any atom is -0.364 e. The Morgan fingerprint density at radius 3 is 2.85 bits per heavy atom. The third-order valence-electron chi connectivity index (χ3n) is 5.10. The fourth-order valence-electron chi connectivity index (χ4n) is 3.66. The summed E-state index contributed by atoms with van der Waals surface area (Å²) >= 11 is 0. The van der Waals surface area contributed by atoms with E-state index in [1.165, 1.54) is 12.8 Å².